The van der Waals surface area contributed by atoms with Crippen LogP contribution in [-0.2, 0) is 12.8 Å². The summed E-state index contributed by atoms with van der Waals surface area (Å²) < 4.78 is 0. The van der Waals surface area contributed by atoms with Crippen LogP contribution in [0.3, 0.4) is 0 Å². The van der Waals surface area contributed by atoms with Gasteiger partial charge in [-0.2, -0.15) is 0 Å². The lowest BCUT2D eigenvalue weighted by molar-refractivity contribution is 0.956. The number of nitrogens with zero attached hydrogens (tertiary/aromatic N) is 4. The van der Waals surface area contributed by atoms with E-state index in [0.29, 0.717) is 0 Å². The second-order valence-electron chi connectivity index (χ2n) is 8.08. The second-order valence-corrected chi connectivity index (χ2v) is 8.08. The van der Waals surface area contributed by atoms with Crippen molar-refractivity contribution in [2.24, 2.45) is 0 Å². The molecule has 4 aromatic heterocycles. The number of hydrogen-bond acceptors (Lipinski definition) is 4. The Balaban J connectivity index is 1.28. The lowest BCUT2D eigenvalue weighted by Crippen LogP contribution is -1.92. The van der Waals surface area contributed by atoms with E-state index in [0.717, 1.165) is 48.5 Å². The van der Waals surface area contributed by atoms with Crippen molar-refractivity contribution >= 4 is 0 Å². The van der Waals surface area contributed by atoms with Gasteiger partial charge < -0.3 is 0 Å². The number of allylic oxidation sites excluding steroid dienone is 2. The molecule has 0 radical (unpaired) electrons. The highest BCUT2D eigenvalue weighted by molar-refractivity contribution is 5.56. The first-order valence-electron chi connectivity index (χ1n) is 11.1. The van der Waals surface area contributed by atoms with E-state index in [1.54, 1.807) is 0 Å². The second kappa shape index (κ2) is 10.6. The lowest BCUT2D eigenvalue weighted by Gasteiger charge is -2.04. The molecule has 0 fully saturated rings. The Bertz CT molecular complexity index is 1120. The molecule has 32 heavy (non-hydrogen) atoms. The van der Waals surface area contributed by atoms with Crippen LogP contribution in [0.4, 0.5) is 0 Å². The molecule has 0 unspecified atom stereocenters. The van der Waals surface area contributed by atoms with E-state index in [-0.39, 0.29) is 0 Å². The summed E-state index contributed by atoms with van der Waals surface area (Å²) in [5.74, 6) is 0. The minimum Gasteiger partial charge on any atom is -0.255 e. The quantitative estimate of drug-likeness (QED) is 0.312. The summed E-state index contributed by atoms with van der Waals surface area (Å²) in [6, 6.07) is 16.6. The van der Waals surface area contributed by atoms with Crippen molar-refractivity contribution in [2.75, 3.05) is 0 Å². The fourth-order valence-electron chi connectivity index (χ4n) is 3.63. The van der Waals surface area contributed by atoms with Crippen molar-refractivity contribution < 1.29 is 0 Å². The van der Waals surface area contributed by atoms with Gasteiger partial charge in [0, 0.05) is 24.8 Å². The first kappa shape index (κ1) is 21.6. The Hall–Kier alpha value is -3.66. The summed E-state index contributed by atoms with van der Waals surface area (Å²) in [6.45, 7) is 4.15. The van der Waals surface area contributed by atoms with Gasteiger partial charge in [0.25, 0.3) is 0 Å². The Kier molecular flexibility index (Phi) is 7.13. The Labute approximate surface area is 190 Å². The molecule has 0 saturated carbocycles. The van der Waals surface area contributed by atoms with Crippen molar-refractivity contribution in [1.29, 1.82) is 0 Å². The third kappa shape index (κ3) is 5.94. The Morgan fingerprint density at radius 1 is 0.531 bits per heavy atom. The number of pyridine rings is 4. The van der Waals surface area contributed by atoms with Crippen molar-refractivity contribution in [3.8, 4) is 22.8 Å². The molecule has 0 amide bonds. The molecule has 4 aromatic rings. The third-order valence-electron chi connectivity index (χ3n) is 5.37. The van der Waals surface area contributed by atoms with E-state index in [9.17, 15) is 0 Å². The normalized spacial score (nSPS) is 11.2. The monoisotopic (exact) mass is 420 g/mol. The van der Waals surface area contributed by atoms with Gasteiger partial charge in [0.2, 0.25) is 0 Å². The molecular formula is C28H28N4. The number of aryl methyl sites for hydroxylation is 4. The van der Waals surface area contributed by atoms with E-state index >= 15 is 0 Å². The fourth-order valence-corrected chi connectivity index (χ4v) is 3.63. The molecule has 160 valence electrons. The molecule has 0 aliphatic carbocycles. The largest absolute Gasteiger partial charge is 0.255 e. The smallest absolute Gasteiger partial charge is 0.0888 e. The third-order valence-corrected chi connectivity index (χ3v) is 5.37. The molecule has 0 saturated heterocycles. The van der Waals surface area contributed by atoms with E-state index in [2.05, 4.69) is 82.3 Å². The van der Waals surface area contributed by atoms with Crippen molar-refractivity contribution in [3.63, 3.8) is 0 Å². The predicted molar refractivity (Wildman–Crippen MR) is 130 cm³/mol. The van der Waals surface area contributed by atoms with Crippen molar-refractivity contribution in [3.05, 3.63) is 108 Å². The Morgan fingerprint density at radius 3 is 1.31 bits per heavy atom. The maximum absolute atomic E-state index is 4.49. The van der Waals surface area contributed by atoms with Crippen LogP contribution >= 0.6 is 0 Å². The van der Waals surface area contributed by atoms with E-state index in [4.69, 9.17) is 0 Å². The maximum Gasteiger partial charge on any atom is 0.0888 e. The molecule has 0 N–H and O–H groups in total. The molecule has 0 aliphatic rings. The van der Waals surface area contributed by atoms with E-state index in [1.807, 2.05) is 36.9 Å². The molecule has 0 aliphatic heterocycles. The highest BCUT2D eigenvalue weighted by Crippen LogP contribution is 2.18. The van der Waals surface area contributed by atoms with Gasteiger partial charge >= 0.3 is 0 Å². The lowest BCUT2D eigenvalue weighted by atomic mass is 10.1. The predicted octanol–water partition coefficient (Wildman–Crippen LogP) is 6.34. The van der Waals surface area contributed by atoms with Gasteiger partial charge in [-0.25, -0.2) is 0 Å². The average molecular weight is 421 g/mol. The van der Waals surface area contributed by atoms with Gasteiger partial charge in [0.1, 0.15) is 0 Å². The molecular weight excluding hydrogens is 392 g/mol. The Morgan fingerprint density at radius 2 is 0.906 bits per heavy atom. The number of rotatable bonds is 8. The fraction of sp³-hybridized carbons (Fsp3) is 0.214. The first-order valence-corrected chi connectivity index (χ1v) is 11.1. The van der Waals surface area contributed by atoms with Crippen LogP contribution in [-0.4, -0.2) is 19.9 Å². The molecule has 4 heteroatoms. The highest BCUT2D eigenvalue weighted by Gasteiger charge is 2.04. The number of hydrogen-bond donors (Lipinski definition) is 0. The first-order chi connectivity index (χ1) is 15.7. The van der Waals surface area contributed by atoms with Crippen LogP contribution in [0.2, 0.25) is 0 Å². The summed E-state index contributed by atoms with van der Waals surface area (Å²) in [5.41, 5.74) is 8.70. The molecule has 4 heterocycles. The van der Waals surface area contributed by atoms with Gasteiger partial charge in [-0.15, -0.1) is 0 Å². The van der Waals surface area contributed by atoms with Gasteiger partial charge in [-0.05, 0) is 110 Å². The van der Waals surface area contributed by atoms with Crippen LogP contribution in [0.15, 0.2) is 85.5 Å². The van der Waals surface area contributed by atoms with Crippen molar-refractivity contribution in [2.45, 2.75) is 39.5 Å². The minimum atomic E-state index is 0.931. The van der Waals surface area contributed by atoms with E-state index in [1.165, 1.54) is 22.3 Å². The topological polar surface area (TPSA) is 51.6 Å². The summed E-state index contributed by atoms with van der Waals surface area (Å²) in [7, 11) is 0. The number of aromatic nitrogens is 4. The van der Waals surface area contributed by atoms with Crippen LogP contribution in [0.25, 0.3) is 22.8 Å². The molecule has 4 nitrogen and oxygen atoms in total. The van der Waals surface area contributed by atoms with Crippen molar-refractivity contribution in [1.82, 2.24) is 19.9 Å². The molecule has 0 bridgehead atoms. The van der Waals surface area contributed by atoms with Gasteiger partial charge in [-0.1, -0.05) is 12.2 Å². The molecule has 0 atom stereocenters. The molecule has 0 aromatic carbocycles. The van der Waals surface area contributed by atoms with Crippen LogP contribution in [0, 0.1) is 13.8 Å². The summed E-state index contributed by atoms with van der Waals surface area (Å²) in [4.78, 5) is 17.9. The van der Waals surface area contributed by atoms with E-state index < -0.39 is 0 Å². The summed E-state index contributed by atoms with van der Waals surface area (Å²) in [5, 5.41) is 0. The molecule has 4 rings (SSSR count). The highest BCUT2D eigenvalue weighted by atomic mass is 14.8. The van der Waals surface area contributed by atoms with Gasteiger partial charge in [0.15, 0.2) is 0 Å². The summed E-state index contributed by atoms with van der Waals surface area (Å²) in [6.07, 6.45) is 16.0. The van der Waals surface area contributed by atoms with Gasteiger partial charge in [-0.3, -0.25) is 19.9 Å². The van der Waals surface area contributed by atoms with Crippen LogP contribution in [0.1, 0.15) is 35.1 Å². The average Bonchev–Trinajstić information content (AvgIpc) is 2.82. The SMILES string of the molecule is Cc1ccnc(-c2cc(CC/C=C/CCc3ccnc(-c4cc(C)ccn4)c3)ccn2)c1. The minimum absolute atomic E-state index is 0.931. The van der Waals surface area contributed by atoms with Crippen LogP contribution < -0.4 is 0 Å². The maximum atomic E-state index is 4.49. The zero-order valence-electron chi connectivity index (χ0n) is 18.7. The molecule has 0 spiro atoms. The zero-order chi connectivity index (χ0) is 22.2. The zero-order valence-corrected chi connectivity index (χ0v) is 18.7. The summed E-state index contributed by atoms with van der Waals surface area (Å²) >= 11 is 0. The van der Waals surface area contributed by atoms with Crippen LogP contribution in [0.5, 0.6) is 0 Å². The standard InChI is InChI=1S/C28H28N4/c1-21-9-13-29-25(17-21)27-19-23(11-15-31-27)7-5-3-4-6-8-24-12-16-32-28(20-24)26-18-22(2)10-14-30-26/h3-4,9-20H,5-8H2,1-2H3/b4-3+. The van der Waals surface area contributed by atoms with Gasteiger partial charge in [0.05, 0.1) is 22.8 Å².